The van der Waals surface area contributed by atoms with Crippen LogP contribution in [0.25, 0.3) is 0 Å². The molecule has 196 valence electrons. The molecule has 7 nitrogen and oxygen atoms in total. The molecule has 3 rings (SSSR count). The highest BCUT2D eigenvalue weighted by Gasteiger charge is 2.32. The van der Waals surface area contributed by atoms with Gasteiger partial charge in [-0.2, -0.15) is 0 Å². The van der Waals surface area contributed by atoms with E-state index >= 15 is 0 Å². The zero-order chi connectivity index (χ0) is 27.2. The first-order valence-corrected chi connectivity index (χ1v) is 14.2. The number of likely N-dealkylation sites (N-methyl/N-ethyl adjacent to an activating group) is 1. The number of benzene rings is 3. The topological polar surface area (TPSA) is 86.8 Å². The molecule has 1 unspecified atom stereocenters. The van der Waals surface area contributed by atoms with E-state index in [-0.39, 0.29) is 17.3 Å². The summed E-state index contributed by atoms with van der Waals surface area (Å²) in [5, 5.41) is 2.76. The Bertz CT molecular complexity index is 1340. The Kier molecular flexibility index (Phi) is 9.50. The van der Waals surface area contributed by atoms with Crippen LogP contribution in [0, 0.1) is 13.8 Å². The van der Waals surface area contributed by atoms with Crippen LogP contribution in [0.4, 0.5) is 5.69 Å². The summed E-state index contributed by atoms with van der Waals surface area (Å²) in [6.45, 7) is 7.24. The number of anilines is 1. The lowest BCUT2D eigenvalue weighted by atomic mass is 10.1. The molecule has 0 aliphatic carbocycles. The molecule has 0 radical (unpaired) electrons. The Labute approximate surface area is 227 Å². The molecule has 0 heterocycles. The van der Waals surface area contributed by atoms with Crippen LogP contribution in [0.1, 0.15) is 30.5 Å². The van der Waals surface area contributed by atoms with Crippen molar-refractivity contribution in [3.8, 4) is 0 Å². The molecule has 0 spiro atoms. The van der Waals surface area contributed by atoms with E-state index < -0.39 is 28.5 Å². The molecular formula is C28H32BrN3O4S. The van der Waals surface area contributed by atoms with Crippen LogP contribution in [0.2, 0.25) is 0 Å². The lowest BCUT2D eigenvalue weighted by Gasteiger charge is -2.32. The molecule has 0 aliphatic rings. The zero-order valence-corrected chi connectivity index (χ0v) is 23.8. The number of hydrogen-bond acceptors (Lipinski definition) is 4. The summed E-state index contributed by atoms with van der Waals surface area (Å²) in [6, 6.07) is 20.2. The fraction of sp³-hybridized carbons (Fsp3) is 0.286. The van der Waals surface area contributed by atoms with E-state index in [9.17, 15) is 18.0 Å². The number of hydrogen-bond donors (Lipinski definition) is 1. The number of para-hydroxylation sites is 1. The SMILES string of the molecule is CCNC(=O)C(C)N(Cc1ccc(Br)cc1)C(=O)CN(c1ccccc1C)S(=O)(=O)c1ccc(C)cc1. The second kappa shape index (κ2) is 12.4. The van der Waals surface area contributed by atoms with Gasteiger partial charge in [-0.15, -0.1) is 0 Å². The first-order chi connectivity index (χ1) is 17.5. The lowest BCUT2D eigenvalue weighted by Crippen LogP contribution is -2.51. The Morgan fingerprint density at radius 3 is 2.16 bits per heavy atom. The second-order valence-corrected chi connectivity index (χ2v) is 11.6. The maximum absolute atomic E-state index is 13.8. The van der Waals surface area contributed by atoms with E-state index in [0.717, 1.165) is 19.9 Å². The predicted molar refractivity (Wildman–Crippen MR) is 150 cm³/mol. The van der Waals surface area contributed by atoms with Gasteiger partial charge in [0.15, 0.2) is 0 Å². The molecule has 0 aromatic heterocycles. The number of nitrogens with zero attached hydrogens (tertiary/aromatic N) is 2. The van der Waals surface area contributed by atoms with Crippen molar-refractivity contribution in [1.82, 2.24) is 10.2 Å². The van der Waals surface area contributed by atoms with Crippen molar-refractivity contribution in [3.05, 3.63) is 94.0 Å². The first-order valence-electron chi connectivity index (χ1n) is 12.0. The average molecular weight is 587 g/mol. The number of nitrogens with one attached hydrogen (secondary N) is 1. The van der Waals surface area contributed by atoms with Crippen LogP contribution < -0.4 is 9.62 Å². The predicted octanol–water partition coefficient (Wildman–Crippen LogP) is 4.81. The Balaban J connectivity index is 2.03. The molecule has 0 aliphatic heterocycles. The van der Waals surface area contributed by atoms with E-state index in [1.165, 1.54) is 17.0 Å². The molecule has 37 heavy (non-hydrogen) atoms. The van der Waals surface area contributed by atoms with Gasteiger partial charge < -0.3 is 10.2 Å². The quantitative estimate of drug-likeness (QED) is 0.370. The third-order valence-corrected chi connectivity index (χ3v) is 8.36. The van der Waals surface area contributed by atoms with E-state index in [4.69, 9.17) is 0 Å². The van der Waals surface area contributed by atoms with Gasteiger partial charge in [0.25, 0.3) is 10.0 Å². The third-order valence-electron chi connectivity index (χ3n) is 6.06. The summed E-state index contributed by atoms with van der Waals surface area (Å²) >= 11 is 3.41. The molecule has 2 amide bonds. The summed E-state index contributed by atoms with van der Waals surface area (Å²) in [6.07, 6.45) is 0. The molecule has 0 saturated heterocycles. The maximum atomic E-state index is 13.8. The Hall–Kier alpha value is -3.17. The highest BCUT2D eigenvalue weighted by atomic mass is 79.9. The highest BCUT2D eigenvalue weighted by Crippen LogP contribution is 2.27. The number of rotatable bonds is 10. The van der Waals surface area contributed by atoms with Gasteiger partial charge in [0.1, 0.15) is 12.6 Å². The highest BCUT2D eigenvalue weighted by molar-refractivity contribution is 9.10. The smallest absolute Gasteiger partial charge is 0.264 e. The number of sulfonamides is 1. The fourth-order valence-electron chi connectivity index (χ4n) is 3.89. The van der Waals surface area contributed by atoms with E-state index in [0.29, 0.717) is 17.8 Å². The normalized spacial score (nSPS) is 12.0. The van der Waals surface area contributed by atoms with Crippen LogP contribution in [0.3, 0.4) is 0 Å². The summed E-state index contributed by atoms with van der Waals surface area (Å²) < 4.78 is 29.7. The minimum atomic E-state index is -4.08. The van der Waals surface area contributed by atoms with Gasteiger partial charge in [-0.25, -0.2) is 8.42 Å². The largest absolute Gasteiger partial charge is 0.355 e. The number of aryl methyl sites for hydroxylation is 2. The van der Waals surface area contributed by atoms with Crippen molar-refractivity contribution in [2.24, 2.45) is 0 Å². The van der Waals surface area contributed by atoms with Crippen LogP contribution in [0.5, 0.6) is 0 Å². The summed E-state index contributed by atoms with van der Waals surface area (Å²) in [4.78, 5) is 28.1. The van der Waals surface area contributed by atoms with Crippen molar-refractivity contribution in [3.63, 3.8) is 0 Å². The molecule has 9 heteroatoms. The molecule has 1 N–H and O–H groups in total. The maximum Gasteiger partial charge on any atom is 0.264 e. The number of amides is 2. The Morgan fingerprint density at radius 1 is 0.946 bits per heavy atom. The van der Waals surface area contributed by atoms with Gasteiger partial charge in [-0.05, 0) is 69.2 Å². The molecular weight excluding hydrogens is 554 g/mol. The van der Waals surface area contributed by atoms with Crippen LogP contribution in [-0.4, -0.2) is 44.3 Å². The molecule has 1 atom stereocenters. The fourth-order valence-corrected chi connectivity index (χ4v) is 5.63. The summed E-state index contributed by atoms with van der Waals surface area (Å²) in [7, 11) is -4.08. The lowest BCUT2D eigenvalue weighted by molar-refractivity contribution is -0.139. The van der Waals surface area contributed by atoms with E-state index in [2.05, 4.69) is 21.2 Å². The van der Waals surface area contributed by atoms with Crippen LogP contribution >= 0.6 is 15.9 Å². The number of carbonyl (C=O) groups is 2. The molecule has 3 aromatic rings. The van der Waals surface area contributed by atoms with Gasteiger partial charge >= 0.3 is 0 Å². The third kappa shape index (κ3) is 6.99. The van der Waals surface area contributed by atoms with Crippen molar-refractivity contribution < 1.29 is 18.0 Å². The number of halogens is 1. The minimum absolute atomic E-state index is 0.0883. The van der Waals surface area contributed by atoms with Gasteiger partial charge in [-0.1, -0.05) is 64.0 Å². The molecule has 0 saturated carbocycles. The van der Waals surface area contributed by atoms with Gasteiger partial charge in [0, 0.05) is 17.6 Å². The van der Waals surface area contributed by atoms with Crippen LogP contribution in [0.15, 0.2) is 82.2 Å². The molecule has 0 bridgehead atoms. The van der Waals surface area contributed by atoms with E-state index in [1.807, 2.05) is 37.3 Å². The van der Waals surface area contributed by atoms with Gasteiger partial charge in [0.2, 0.25) is 11.8 Å². The minimum Gasteiger partial charge on any atom is -0.355 e. The second-order valence-electron chi connectivity index (χ2n) is 8.83. The monoisotopic (exact) mass is 585 g/mol. The average Bonchev–Trinajstić information content (AvgIpc) is 2.87. The summed E-state index contributed by atoms with van der Waals surface area (Å²) in [5.74, 6) is -0.794. The van der Waals surface area contributed by atoms with Crippen molar-refractivity contribution in [2.75, 3.05) is 17.4 Å². The number of carbonyl (C=O) groups excluding carboxylic acids is 2. The van der Waals surface area contributed by atoms with Gasteiger partial charge in [-0.3, -0.25) is 13.9 Å². The molecule has 0 fully saturated rings. The zero-order valence-electron chi connectivity index (χ0n) is 21.4. The van der Waals surface area contributed by atoms with Crippen LogP contribution in [-0.2, 0) is 26.2 Å². The van der Waals surface area contributed by atoms with Crippen molar-refractivity contribution in [2.45, 2.75) is 45.2 Å². The van der Waals surface area contributed by atoms with Gasteiger partial charge in [0.05, 0.1) is 10.6 Å². The van der Waals surface area contributed by atoms with Crippen molar-refractivity contribution >= 4 is 43.5 Å². The standard InChI is InChI=1S/C28H32BrN3O4S/c1-5-30-28(34)22(4)31(18-23-12-14-24(29)15-13-23)27(33)19-32(26-9-7-6-8-21(26)3)37(35,36)25-16-10-20(2)11-17-25/h6-17,22H,5,18-19H2,1-4H3,(H,30,34). The summed E-state index contributed by atoms with van der Waals surface area (Å²) in [5.41, 5.74) is 2.86. The Morgan fingerprint density at radius 2 is 1.57 bits per heavy atom. The van der Waals surface area contributed by atoms with Crippen molar-refractivity contribution in [1.29, 1.82) is 0 Å². The first kappa shape index (κ1) is 28.4. The van der Waals surface area contributed by atoms with E-state index in [1.54, 1.807) is 51.1 Å². The molecule has 3 aromatic carbocycles.